The smallest absolute Gasteiger partial charge is 0.254 e. The molecule has 0 unspecified atom stereocenters. The van der Waals surface area contributed by atoms with E-state index in [0.717, 1.165) is 11.3 Å². The summed E-state index contributed by atoms with van der Waals surface area (Å²) in [6.45, 7) is 1.24. The zero-order valence-electron chi connectivity index (χ0n) is 16.6. The monoisotopic (exact) mass is 414 g/mol. The molecule has 0 bridgehead atoms. The molecule has 7 nitrogen and oxygen atoms in total. The van der Waals surface area contributed by atoms with Crippen LogP contribution in [0.15, 0.2) is 67.3 Å². The maximum Gasteiger partial charge on any atom is 0.254 e. The molecule has 1 aliphatic rings. The van der Waals surface area contributed by atoms with Gasteiger partial charge in [0.25, 0.3) is 5.91 Å². The maximum absolute atomic E-state index is 14.3. The van der Waals surface area contributed by atoms with Crippen LogP contribution in [0.1, 0.15) is 27.2 Å². The van der Waals surface area contributed by atoms with Crippen molar-refractivity contribution in [1.82, 2.24) is 29.6 Å². The van der Waals surface area contributed by atoms with Crippen LogP contribution >= 0.6 is 0 Å². The fourth-order valence-electron chi connectivity index (χ4n) is 3.86. The number of amides is 1. The number of hydrogen-bond acceptors (Lipinski definition) is 5. The van der Waals surface area contributed by atoms with E-state index in [9.17, 15) is 9.18 Å². The molecule has 0 spiro atoms. The molecule has 4 aromatic rings. The van der Waals surface area contributed by atoms with Gasteiger partial charge in [0.1, 0.15) is 11.5 Å². The van der Waals surface area contributed by atoms with Gasteiger partial charge in [0.2, 0.25) is 0 Å². The number of hydrogen-bond donors (Lipinski definition) is 0. The standard InChI is InChI=1S/C23H19FN6O/c24-19-5-2-1-4-17(19)14-30-20-8-13-29(23(31)16-6-11-25-12-7-16)15-18(20)21(28-30)22-26-9-3-10-27-22/h1-7,9-12H,8,13-15H2. The molecule has 0 radical (unpaired) electrons. The fourth-order valence-corrected chi connectivity index (χ4v) is 3.86. The van der Waals surface area contributed by atoms with E-state index in [1.165, 1.54) is 6.07 Å². The predicted molar refractivity (Wildman–Crippen MR) is 111 cm³/mol. The molecule has 0 atom stereocenters. The Bertz CT molecular complexity index is 1230. The molecule has 1 aromatic carbocycles. The number of halogens is 1. The van der Waals surface area contributed by atoms with Gasteiger partial charge in [-0.25, -0.2) is 14.4 Å². The Morgan fingerprint density at radius 2 is 1.77 bits per heavy atom. The quantitative estimate of drug-likeness (QED) is 0.513. The highest BCUT2D eigenvalue weighted by atomic mass is 19.1. The number of fused-ring (bicyclic) bond motifs is 1. The number of nitrogens with zero attached hydrogens (tertiary/aromatic N) is 6. The second-order valence-corrected chi connectivity index (χ2v) is 7.31. The highest BCUT2D eigenvalue weighted by Crippen LogP contribution is 2.29. The van der Waals surface area contributed by atoms with Crippen LogP contribution in [0.3, 0.4) is 0 Å². The van der Waals surface area contributed by atoms with E-state index in [1.807, 2.05) is 10.7 Å². The van der Waals surface area contributed by atoms with E-state index < -0.39 is 0 Å². The van der Waals surface area contributed by atoms with Crippen LogP contribution in [-0.4, -0.2) is 42.1 Å². The van der Waals surface area contributed by atoms with E-state index in [0.29, 0.717) is 48.7 Å². The summed E-state index contributed by atoms with van der Waals surface area (Å²) >= 11 is 0. The Balaban J connectivity index is 1.53. The van der Waals surface area contributed by atoms with E-state index >= 15 is 0 Å². The molecular weight excluding hydrogens is 395 g/mol. The van der Waals surface area contributed by atoms with Gasteiger partial charge in [-0.05, 0) is 24.3 Å². The molecular formula is C23H19FN6O. The number of aromatic nitrogens is 5. The number of benzene rings is 1. The molecule has 1 amide bonds. The van der Waals surface area contributed by atoms with Gasteiger partial charge in [0.05, 0.1) is 13.1 Å². The zero-order valence-corrected chi connectivity index (χ0v) is 16.6. The molecule has 0 fully saturated rings. The van der Waals surface area contributed by atoms with Gasteiger partial charge in [-0.1, -0.05) is 18.2 Å². The lowest BCUT2D eigenvalue weighted by Crippen LogP contribution is -2.36. The first-order valence-corrected chi connectivity index (χ1v) is 9.99. The maximum atomic E-state index is 14.3. The number of carbonyl (C=O) groups excluding carboxylic acids is 1. The van der Waals surface area contributed by atoms with Crippen LogP contribution in [0.25, 0.3) is 11.5 Å². The van der Waals surface area contributed by atoms with Gasteiger partial charge in [-0.3, -0.25) is 14.5 Å². The summed E-state index contributed by atoms with van der Waals surface area (Å²) in [4.78, 5) is 27.5. The summed E-state index contributed by atoms with van der Waals surface area (Å²) in [6.07, 6.45) is 7.15. The Hall–Kier alpha value is -3.94. The van der Waals surface area contributed by atoms with Gasteiger partial charge in [-0.15, -0.1) is 0 Å². The third-order valence-electron chi connectivity index (χ3n) is 5.40. The topological polar surface area (TPSA) is 76.8 Å². The molecule has 154 valence electrons. The number of pyridine rings is 1. The van der Waals surface area contributed by atoms with E-state index in [2.05, 4.69) is 15.0 Å². The lowest BCUT2D eigenvalue weighted by Gasteiger charge is -2.28. The number of carbonyl (C=O) groups is 1. The number of rotatable bonds is 4. The van der Waals surface area contributed by atoms with Gasteiger partial charge in [0, 0.05) is 60.1 Å². The van der Waals surface area contributed by atoms with Crippen LogP contribution in [-0.2, 0) is 19.5 Å². The molecule has 8 heteroatoms. The summed E-state index contributed by atoms with van der Waals surface area (Å²) in [7, 11) is 0. The van der Waals surface area contributed by atoms with Crippen LogP contribution in [0.2, 0.25) is 0 Å². The lowest BCUT2D eigenvalue weighted by molar-refractivity contribution is 0.0733. The van der Waals surface area contributed by atoms with E-state index in [-0.39, 0.29) is 11.7 Å². The summed E-state index contributed by atoms with van der Waals surface area (Å²) < 4.78 is 16.1. The first-order valence-electron chi connectivity index (χ1n) is 9.99. The largest absolute Gasteiger partial charge is 0.334 e. The van der Waals surface area contributed by atoms with Crippen molar-refractivity contribution in [1.29, 1.82) is 0 Å². The molecule has 3 aromatic heterocycles. The minimum absolute atomic E-state index is 0.0603. The Labute approximate surface area is 178 Å². The van der Waals surface area contributed by atoms with Gasteiger partial charge in [0.15, 0.2) is 5.82 Å². The van der Waals surface area contributed by atoms with Crippen molar-refractivity contribution >= 4 is 5.91 Å². The molecule has 4 heterocycles. The predicted octanol–water partition coefficient (Wildman–Crippen LogP) is 3.12. The van der Waals surface area contributed by atoms with E-state index in [1.54, 1.807) is 60.0 Å². The van der Waals surface area contributed by atoms with Gasteiger partial charge in [-0.2, -0.15) is 5.10 Å². The average molecular weight is 414 g/mol. The third-order valence-corrected chi connectivity index (χ3v) is 5.40. The second-order valence-electron chi connectivity index (χ2n) is 7.31. The van der Waals surface area contributed by atoms with Gasteiger partial charge < -0.3 is 4.90 Å². The first kappa shape index (κ1) is 19.0. The SMILES string of the molecule is O=C(c1ccncc1)N1CCc2c(c(-c3ncccn3)nn2Cc2ccccc2F)C1. The van der Waals surface area contributed by atoms with E-state index in [4.69, 9.17) is 5.10 Å². The fraction of sp³-hybridized carbons (Fsp3) is 0.174. The van der Waals surface area contributed by atoms with Crippen LogP contribution < -0.4 is 0 Å². The normalized spacial score (nSPS) is 13.1. The van der Waals surface area contributed by atoms with Crippen molar-refractivity contribution in [2.75, 3.05) is 6.54 Å². The van der Waals surface area contributed by atoms with Crippen LogP contribution in [0.5, 0.6) is 0 Å². The summed E-state index contributed by atoms with van der Waals surface area (Å²) in [5, 5.41) is 4.74. The second kappa shape index (κ2) is 8.06. The van der Waals surface area contributed by atoms with Crippen molar-refractivity contribution in [3.05, 3.63) is 95.5 Å². The minimum Gasteiger partial charge on any atom is -0.334 e. The summed E-state index contributed by atoms with van der Waals surface area (Å²) in [5.74, 6) is 0.161. The summed E-state index contributed by atoms with van der Waals surface area (Å²) in [6, 6.07) is 11.8. The van der Waals surface area contributed by atoms with Crippen LogP contribution in [0.4, 0.5) is 4.39 Å². The lowest BCUT2D eigenvalue weighted by atomic mass is 10.0. The molecule has 31 heavy (non-hydrogen) atoms. The van der Waals surface area contributed by atoms with Crippen molar-refractivity contribution in [3.8, 4) is 11.5 Å². The van der Waals surface area contributed by atoms with Crippen molar-refractivity contribution in [3.63, 3.8) is 0 Å². The molecule has 0 saturated heterocycles. The van der Waals surface area contributed by atoms with Gasteiger partial charge >= 0.3 is 0 Å². The van der Waals surface area contributed by atoms with Crippen molar-refractivity contribution < 1.29 is 9.18 Å². The van der Waals surface area contributed by atoms with Crippen molar-refractivity contribution in [2.45, 2.75) is 19.5 Å². The molecule has 1 aliphatic heterocycles. The average Bonchev–Trinajstić information content (AvgIpc) is 3.19. The third kappa shape index (κ3) is 3.68. The Morgan fingerprint density at radius 1 is 1.00 bits per heavy atom. The molecule has 0 aliphatic carbocycles. The Morgan fingerprint density at radius 3 is 2.55 bits per heavy atom. The van der Waals surface area contributed by atoms with Crippen LogP contribution in [0, 0.1) is 5.82 Å². The molecule has 5 rings (SSSR count). The highest BCUT2D eigenvalue weighted by Gasteiger charge is 2.29. The highest BCUT2D eigenvalue weighted by molar-refractivity contribution is 5.94. The molecule has 0 saturated carbocycles. The first-order chi connectivity index (χ1) is 15.2. The Kier molecular flexibility index (Phi) is 4.95. The molecule has 0 N–H and O–H groups in total. The minimum atomic E-state index is -0.269. The van der Waals surface area contributed by atoms with Crippen molar-refractivity contribution in [2.24, 2.45) is 0 Å². The summed E-state index contributed by atoms with van der Waals surface area (Å²) in [5.41, 5.74) is 3.65. The zero-order chi connectivity index (χ0) is 21.2.